The standard InChI is InChI=1S/C23H13Cl2F4N5O3/c24-13-1-11(8-30)2-17(6-13)37-19-20(23(27,28)29)31-10-34(22(19)36)9-16-7-18(21(35)33-32-16)12-3-14(25)5-15(26)4-12/h1-7,31H,9-10H2,(H,33,35). The number of carbonyl (C=O) groups is 1. The number of hydrogen-bond donors (Lipinski definition) is 2. The highest BCUT2D eigenvalue weighted by atomic mass is 35.5. The lowest BCUT2D eigenvalue weighted by atomic mass is 10.1. The highest BCUT2D eigenvalue weighted by molar-refractivity contribution is 6.31. The number of halogens is 6. The van der Waals surface area contributed by atoms with Crippen LogP contribution >= 0.6 is 23.2 Å². The molecular weight excluding hydrogens is 541 g/mol. The Hall–Kier alpha value is -4.08. The quantitative estimate of drug-likeness (QED) is 0.450. The minimum Gasteiger partial charge on any atom is -0.449 e. The number of hydrogen-bond acceptors (Lipinski definition) is 6. The van der Waals surface area contributed by atoms with Gasteiger partial charge in [-0.1, -0.05) is 23.2 Å². The molecule has 0 saturated heterocycles. The van der Waals surface area contributed by atoms with E-state index < -0.39 is 41.6 Å². The predicted molar refractivity (Wildman–Crippen MR) is 124 cm³/mol. The Morgan fingerprint density at radius 2 is 1.81 bits per heavy atom. The van der Waals surface area contributed by atoms with Crippen molar-refractivity contribution in [3.8, 4) is 22.9 Å². The van der Waals surface area contributed by atoms with E-state index in [0.29, 0.717) is 0 Å². The van der Waals surface area contributed by atoms with E-state index in [-0.39, 0.29) is 44.7 Å². The van der Waals surface area contributed by atoms with Crippen molar-refractivity contribution >= 4 is 29.1 Å². The summed E-state index contributed by atoms with van der Waals surface area (Å²) in [6.45, 7) is -0.920. The maximum Gasteiger partial charge on any atom is 0.434 e. The second-order valence-corrected chi connectivity index (χ2v) is 8.56. The number of ether oxygens (including phenoxy) is 1. The molecule has 8 nitrogen and oxygen atoms in total. The van der Waals surface area contributed by atoms with E-state index >= 15 is 0 Å². The minimum absolute atomic E-state index is 0.00662. The SMILES string of the molecule is N#Cc1cc(Cl)cc(OC2=C(C(F)(F)F)NCN(Cc3cc(-c4cc(F)cc(Cl)c4)c(=O)[nH]n3)C2=O)c1. The van der Waals surface area contributed by atoms with Gasteiger partial charge >= 0.3 is 6.18 Å². The average Bonchev–Trinajstić information content (AvgIpc) is 2.81. The monoisotopic (exact) mass is 553 g/mol. The minimum atomic E-state index is -4.96. The lowest BCUT2D eigenvalue weighted by Crippen LogP contribution is -2.49. The normalized spacial score (nSPS) is 13.9. The summed E-state index contributed by atoms with van der Waals surface area (Å²) in [5.74, 6) is -3.17. The zero-order valence-corrected chi connectivity index (χ0v) is 19.8. The number of H-pyrrole nitrogens is 1. The Labute approximate surface area is 215 Å². The number of benzene rings is 2. The van der Waals surface area contributed by atoms with Gasteiger partial charge in [0.2, 0.25) is 5.76 Å². The Morgan fingerprint density at radius 1 is 1.08 bits per heavy atom. The fourth-order valence-corrected chi connectivity index (χ4v) is 3.93. The second-order valence-electron chi connectivity index (χ2n) is 7.69. The van der Waals surface area contributed by atoms with Crippen LogP contribution in [0.3, 0.4) is 0 Å². The topological polar surface area (TPSA) is 111 Å². The molecule has 0 aliphatic carbocycles. The molecule has 1 amide bonds. The maximum absolute atomic E-state index is 13.8. The highest BCUT2D eigenvalue weighted by Gasteiger charge is 2.44. The van der Waals surface area contributed by atoms with Gasteiger partial charge in [0.25, 0.3) is 11.5 Å². The molecule has 2 aromatic carbocycles. The van der Waals surface area contributed by atoms with Gasteiger partial charge in [-0.15, -0.1) is 0 Å². The lowest BCUT2D eigenvalue weighted by molar-refractivity contribution is -0.137. The van der Waals surface area contributed by atoms with Crippen LogP contribution in [0, 0.1) is 17.1 Å². The summed E-state index contributed by atoms with van der Waals surface area (Å²) >= 11 is 11.8. The summed E-state index contributed by atoms with van der Waals surface area (Å²) in [5.41, 5.74) is -1.89. The van der Waals surface area contributed by atoms with E-state index in [1.54, 1.807) is 6.07 Å². The largest absolute Gasteiger partial charge is 0.449 e. The van der Waals surface area contributed by atoms with Crippen LogP contribution in [-0.4, -0.2) is 33.8 Å². The van der Waals surface area contributed by atoms with Gasteiger partial charge < -0.3 is 15.0 Å². The van der Waals surface area contributed by atoms with Gasteiger partial charge in [0.1, 0.15) is 11.6 Å². The van der Waals surface area contributed by atoms with Crippen molar-refractivity contribution in [3.63, 3.8) is 0 Å². The number of nitrogens with zero attached hydrogens (tertiary/aromatic N) is 3. The molecule has 0 bridgehead atoms. The van der Waals surface area contributed by atoms with E-state index in [0.717, 1.165) is 29.2 Å². The molecule has 4 rings (SSSR count). The summed E-state index contributed by atoms with van der Waals surface area (Å²) in [6, 6.07) is 10.0. The van der Waals surface area contributed by atoms with Crippen molar-refractivity contribution in [1.82, 2.24) is 20.4 Å². The van der Waals surface area contributed by atoms with Gasteiger partial charge in [-0.3, -0.25) is 9.59 Å². The number of nitriles is 1. The van der Waals surface area contributed by atoms with Crippen LogP contribution in [-0.2, 0) is 11.3 Å². The molecule has 2 heterocycles. The Bertz CT molecular complexity index is 1510. The van der Waals surface area contributed by atoms with Crippen molar-refractivity contribution in [2.75, 3.05) is 6.67 Å². The van der Waals surface area contributed by atoms with Gasteiger partial charge in [0.15, 0.2) is 5.70 Å². The Balaban J connectivity index is 1.67. The molecule has 1 aliphatic rings. The number of aromatic nitrogens is 2. The molecule has 14 heteroatoms. The predicted octanol–water partition coefficient (Wildman–Crippen LogP) is 4.50. The number of nitrogens with one attached hydrogen (secondary N) is 2. The van der Waals surface area contributed by atoms with Gasteiger partial charge in [0.05, 0.1) is 36.1 Å². The van der Waals surface area contributed by atoms with Crippen LogP contribution in [0.2, 0.25) is 10.0 Å². The lowest BCUT2D eigenvalue weighted by Gasteiger charge is -2.31. The first kappa shape index (κ1) is 26.0. The zero-order chi connectivity index (χ0) is 26.9. The van der Waals surface area contributed by atoms with E-state index in [9.17, 15) is 27.2 Å². The first-order valence-electron chi connectivity index (χ1n) is 10.2. The fourth-order valence-electron chi connectivity index (χ4n) is 3.48. The molecule has 37 heavy (non-hydrogen) atoms. The molecule has 2 N–H and O–H groups in total. The maximum atomic E-state index is 13.8. The first-order valence-corrected chi connectivity index (χ1v) is 11.0. The number of rotatable bonds is 5. The van der Waals surface area contributed by atoms with Gasteiger partial charge in [-0.25, -0.2) is 9.49 Å². The van der Waals surface area contributed by atoms with Crippen molar-refractivity contribution in [2.24, 2.45) is 0 Å². The number of aromatic amines is 1. The molecule has 0 unspecified atom stereocenters. The van der Waals surface area contributed by atoms with Crippen molar-refractivity contribution in [1.29, 1.82) is 5.26 Å². The van der Waals surface area contributed by atoms with Crippen LogP contribution in [0.25, 0.3) is 11.1 Å². The molecule has 0 fully saturated rings. The molecule has 0 spiro atoms. The van der Waals surface area contributed by atoms with Crippen LogP contribution in [0.1, 0.15) is 11.3 Å². The summed E-state index contributed by atoms with van der Waals surface area (Å²) < 4.78 is 60.0. The van der Waals surface area contributed by atoms with Crippen molar-refractivity contribution in [3.05, 3.63) is 91.4 Å². The second kappa shape index (κ2) is 10.1. The Morgan fingerprint density at radius 3 is 2.49 bits per heavy atom. The van der Waals surface area contributed by atoms with Gasteiger partial charge in [-0.2, -0.15) is 23.5 Å². The molecule has 0 atom stereocenters. The zero-order valence-electron chi connectivity index (χ0n) is 18.3. The third kappa shape index (κ3) is 5.84. The highest BCUT2D eigenvalue weighted by Crippen LogP contribution is 2.32. The first-order chi connectivity index (χ1) is 17.4. The summed E-state index contributed by atoms with van der Waals surface area (Å²) in [7, 11) is 0. The molecule has 190 valence electrons. The number of amides is 1. The van der Waals surface area contributed by atoms with Crippen LogP contribution in [0.15, 0.2) is 58.7 Å². The summed E-state index contributed by atoms with van der Waals surface area (Å²) in [6.07, 6.45) is -4.96. The number of carbonyl (C=O) groups excluding carboxylic acids is 1. The number of alkyl halides is 3. The van der Waals surface area contributed by atoms with Crippen molar-refractivity contribution in [2.45, 2.75) is 12.7 Å². The summed E-state index contributed by atoms with van der Waals surface area (Å²) in [4.78, 5) is 26.3. The third-order valence-corrected chi connectivity index (χ3v) is 5.48. The van der Waals surface area contributed by atoms with E-state index in [4.69, 9.17) is 33.2 Å². The average molecular weight is 554 g/mol. The van der Waals surface area contributed by atoms with Crippen LogP contribution in [0.4, 0.5) is 17.6 Å². The molecular formula is C23H13Cl2F4N5O3. The van der Waals surface area contributed by atoms with Crippen LogP contribution in [0.5, 0.6) is 5.75 Å². The Kier molecular flexibility index (Phi) is 7.11. The fraction of sp³-hybridized carbons (Fsp3) is 0.130. The number of allylic oxidation sites excluding steroid dienone is 1. The molecule has 1 aliphatic heterocycles. The summed E-state index contributed by atoms with van der Waals surface area (Å²) in [5, 5.41) is 17.3. The van der Waals surface area contributed by atoms with E-state index in [2.05, 4.69) is 15.5 Å². The van der Waals surface area contributed by atoms with Gasteiger partial charge in [0, 0.05) is 10.0 Å². The van der Waals surface area contributed by atoms with Gasteiger partial charge in [-0.05, 0) is 48.0 Å². The van der Waals surface area contributed by atoms with E-state index in [1.165, 1.54) is 18.2 Å². The van der Waals surface area contributed by atoms with Crippen LogP contribution < -0.4 is 15.6 Å². The smallest absolute Gasteiger partial charge is 0.434 e. The third-order valence-electron chi connectivity index (χ3n) is 5.04. The van der Waals surface area contributed by atoms with Crippen molar-refractivity contribution < 1.29 is 27.1 Å². The van der Waals surface area contributed by atoms with E-state index in [1.807, 2.05) is 0 Å². The molecule has 1 aromatic heterocycles. The molecule has 3 aromatic rings. The molecule has 0 radical (unpaired) electrons. The molecule has 0 saturated carbocycles.